The normalized spacial score (nSPS) is 28.4. The number of fused-ring (bicyclic) bond motifs is 1. The molecule has 2 aliphatic carbocycles. The highest BCUT2D eigenvalue weighted by atomic mass is 19.3. The van der Waals surface area contributed by atoms with E-state index in [4.69, 9.17) is 20.4 Å². The maximum absolute atomic E-state index is 12.7. The van der Waals surface area contributed by atoms with Gasteiger partial charge in [0.25, 0.3) is 0 Å². The number of ether oxygens (including phenoxy) is 2. The zero-order valence-corrected chi connectivity index (χ0v) is 18.0. The summed E-state index contributed by atoms with van der Waals surface area (Å²) in [5.74, 6) is 2.74. The molecule has 2 aromatic rings. The van der Waals surface area contributed by atoms with Crippen LogP contribution in [0.2, 0.25) is 0 Å². The highest BCUT2D eigenvalue weighted by Gasteiger charge is 2.58. The molecule has 9 heteroatoms. The lowest BCUT2D eigenvalue weighted by atomic mass is 9.88. The predicted molar refractivity (Wildman–Crippen MR) is 113 cm³/mol. The maximum atomic E-state index is 12.7. The molecule has 7 nitrogen and oxygen atoms in total. The van der Waals surface area contributed by atoms with Gasteiger partial charge in [0.1, 0.15) is 5.82 Å². The topological polar surface area (TPSA) is 86.4 Å². The first-order chi connectivity index (χ1) is 15.4. The van der Waals surface area contributed by atoms with E-state index >= 15 is 0 Å². The molecule has 2 saturated heterocycles. The summed E-state index contributed by atoms with van der Waals surface area (Å²) >= 11 is 0. The summed E-state index contributed by atoms with van der Waals surface area (Å²) in [6, 6.07) is 3.49. The Kier molecular flexibility index (Phi) is 4.62. The molecule has 170 valence electrons. The summed E-state index contributed by atoms with van der Waals surface area (Å²) in [6.07, 6.45) is 3.75. The predicted octanol–water partition coefficient (Wildman–Crippen LogP) is 3.28. The van der Waals surface area contributed by atoms with E-state index in [1.165, 1.54) is 6.07 Å². The second-order valence-electron chi connectivity index (χ2n) is 10.1. The van der Waals surface area contributed by atoms with Gasteiger partial charge in [-0.25, -0.2) is 15.0 Å². The number of nitrogens with two attached hydrogens (primary N) is 1. The van der Waals surface area contributed by atoms with E-state index in [1.807, 2.05) is 6.07 Å². The molecule has 2 N–H and O–H groups in total. The van der Waals surface area contributed by atoms with Crippen LogP contribution in [0.4, 0.5) is 14.6 Å². The lowest BCUT2D eigenvalue weighted by molar-refractivity contribution is -0.114. The Hall–Kier alpha value is -2.39. The lowest BCUT2D eigenvalue weighted by Gasteiger charge is -2.41. The van der Waals surface area contributed by atoms with Crippen molar-refractivity contribution in [3.05, 3.63) is 29.8 Å². The summed E-state index contributed by atoms with van der Waals surface area (Å²) in [4.78, 5) is 16.3. The maximum Gasteiger partial charge on any atom is 0.387 e. The number of likely N-dealkylation sites (tertiary alicyclic amines) is 1. The van der Waals surface area contributed by atoms with E-state index in [0.717, 1.165) is 57.2 Å². The van der Waals surface area contributed by atoms with Crippen molar-refractivity contribution in [1.82, 2.24) is 19.9 Å². The average molecular weight is 443 g/mol. The van der Waals surface area contributed by atoms with E-state index in [-0.39, 0.29) is 11.6 Å². The minimum Gasteiger partial charge on any atom is -0.431 e. The van der Waals surface area contributed by atoms with Crippen LogP contribution in [0, 0.1) is 17.3 Å². The van der Waals surface area contributed by atoms with Gasteiger partial charge in [0.2, 0.25) is 0 Å². The lowest BCUT2D eigenvalue weighted by Crippen LogP contribution is -2.48. The van der Waals surface area contributed by atoms with Crippen LogP contribution in [0.15, 0.2) is 18.3 Å². The fraction of sp³-hybridized carbons (Fsp3) is 0.609. The Bertz CT molecular complexity index is 1030. The summed E-state index contributed by atoms with van der Waals surface area (Å²) in [5.41, 5.74) is 8.39. The molecule has 3 atom stereocenters. The standard InChI is InChI=1S/C23H27F2N5O2/c1-23(10-31-11-23)9-30-7-14-15(8-30)19(14)17-5-16(28-21(29-17)12-2-3-12)13-4-18(32-22(24)25)20(26)27-6-13/h4-6,12,14-15,19,22H,2-3,7-11H2,1H3,(H2,26,27)/t14-,15+,19+. The molecule has 32 heavy (non-hydrogen) atoms. The fourth-order valence-corrected chi connectivity index (χ4v) is 5.38. The molecule has 0 unspecified atom stereocenters. The molecular formula is C23H27F2N5O2. The van der Waals surface area contributed by atoms with E-state index in [2.05, 4.69) is 21.5 Å². The van der Waals surface area contributed by atoms with Gasteiger partial charge in [0.15, 0.2) is 11.6 Å². The molecule has 4 heterocycles. The number of piperidine rings is 1. The van der Waals surface area contributed by atoms with Gasteiger partial charge < -0.3 is 20.1 Å². The fourth-order valence-electron chi connectivity index (χ4n) is 5.38. The van der Waals surface area contributed by atoms with Crippen LogP contribution in [0.25, 0.3) is 11.3 Å². The number of halogens is 2. The first-order valence-electron chi connectivity index (χ1n) is 11.3. The zero-order valence-electron chi connectivity index (χ0n) is 18.0. The van der Waals surface area contributed by atoms with Gasteiger partial charge in [-0.05, 0) is 36.8 Å². The van der Waals surface area contributed by atoms with Crippen molar-refractivity contribution in [1.29, 1.82) is 0 Å². The van der Waals surface area contributed by atoms with Crippen molar-refractivity contribution in [3.63, 3.8) is 0 Å². The molecule has 0 amide bonds. The van der Waals surface area contributed by atoms with Crippen LogP contribution in [-0.4, -0.2) is 59.3 Å². The van der Waals surface area contributed by atoms with E-state index in [9.17, 15) is 8.78 Å². The number of pyridine rings is 1. The molecular weight excluding hydrogens is 416 g/mol. The number of nitrogens with zero attached hydrogens (tertiary/aromatic N) is 4. The first kappa shape index (κ1) is 20.2. The number of aromatic nitrogens is 3. The second kappa shape index (κ2) is 7.31. The molecule has 2 aromatic heterocycles. The molecule has 0 spiro atoms. The SMILES string of the molecule is CC1(CN2C[C@@H]3[C@H](C2)[C@H]3c2cc(-c3cnc(N)c(OC(F)F)c3)nc(C3CC3)n2)COC1. The van der Waals surface area contributed by atoms with Gasteiger partial charge >= 0.3 is 6.61 Å². The summed E-state index contributed by atoms with van der Waals surface area (Å²) in [7, 11) is 0. The number of rotatable bonds is 7. The Morgan fingerprint density at radius 3 is 2.59 bits per heavy atom. The van der Waals surface area contributed by atoms with Crippen LogP contribution < -0.4 is 10.5 Å². The number of hydrogen-bond acceptors (Lipinski definition) is 7. The van der Waals surface area contributed by atoms with Gasteiger partial charge in [-0.1, -0.05) is 6.92 Å². The quantitative estimate of drug-likeness (QED) is 0.703. The van der Waals surface area contributed by atoms with Gasteiger partial charge in [-0.15, -0.1) is 0 Å². The van der Waals surface area contributed by atoms with Crippen LogP contribution >= 0.6 is 0 Å². The molecule has 4 aliphatic rings. The monoisotopic (exact) mass is 443 g/mol. The molecule has 0 aromatic carbocycles. The third kappa shape index (κ3) is 3.71. The van der Waals surface area contributed by atoms with Crippen LogP contribution in [-0.2, 0) is 4.74 Å². The third-order valence-corrected chi connectivity index (χ3v) is 7.22. The Morgan fingerprint density at radius 2 is 1.97 bits per heavy atom. The third-order valence-electron chi connectivity index (χ3n) is 7.22. The van der Waals surface area contributed by atoms with Crippen molar-refractivity contribution in [3.8, 4) is 17.0 Å². The van der Waals surface area contributed by atoms with Crippen LogP contribution in [0.1, 0.15) is 43.1 Å². The number of anilines is 1. The number of nitrogen functional groups attached to an aromatic ring is 1. The van der Waals surface area contributed by atoms with Gasteiger partial charge in [-0.2, -0.15) is 8.78 Å². The molecule has 2 aliphatic heterocycles. The molecule has 6 rings (SSSR count). The smallest absolute Gasteiger partial charge is 0.387 e. The van der Waals surface area contributed by atoms with Crippen molar-refractivity contribution in [2.45, 2.75) is 38.2 Å². The van der Waals surface area contributed by atoms with Crippen molar-refractivity contribution in [2.24, 2.45) is 17.3 Å². The molecule has 0 bridgehead atoms. The Labute approximate surface area is 185 Å². The van der Waals surface area contributed by atoms with E-state index in [1.54, 1.807) is 6.20 Å². The van der Waals surface area contributed by atoms with Crippen molar-refractivity contribution in [2.75, 3.05) is 38.6 Å². The highest BCUT2D eigenvalue weighted by Crippen LogP contribution is 2.58. The highest BCUT2D eigenvalue weighted by molar-refractivity contribution is 5.64. The number of hydrogen-bond donors (Lipinski definition) is 1. The molecule has 0 radical (unpaired) electrons. The second-order valence-corrected chi connectivity index (χ2v) is 10.1. The summed E-state index contributed by atoms with van der Waals surface area (Å²) < 4.78 is 35.4. The van der Waals surface area contributed by atoms with Gasteiger partial charge in [-0.3, -0.25) is 0 Å². The van der Waals surface area contributed by atoms with E-state index in [0.29, 0.717) is 40.3 Å². The molecule has 4 fully saturated rings. The first-order valence-corrected chi connectivity index (χ1v) is 11.3. The number of alkyl halides is 2. The minimum absolute atomic E-state index is 0.0619. The van der Waals surface area contributed by atoms with Crippen LogP contribution in [0.3, 0.4) is 0 Å². The van der Waals surface area contributed by atoms with Gasteiger partial charge in [0, 0.05) is 54.3 Å². The average Bonchev–Trinajstić information content (AvgIpc) is 3.65. The van der Waals surface area contributed by atoms with Crippen LogP contribution in [0.5, 0.6) is 5.75 Å². The minimum atomic E-state index is -2.96. The molecule has 2 saturated carbocycles. The van der Waals surface area contributed by atoms with E-state index < -0.39 is 6.61 Å². The largest absolute Gasteiger partial charge is 0.431 e. The Balaban J connectivity index is 1.24. The van der Waals surface area contributed by atoms with Crippen molar-refractivity contribution < 1.29 is 18.3 Å². The summed E-state index contributed by atoms with van der Waals surface area (Å²) in [5, 5.41) is 0. The van der Waals surface area contributed by atoms with Crippen molar-refractivity contribution >= 4 is 5.82 Å². The van der Waals surface area contributed by atoms with Gasteiger partial charge in [0.05, 0.1) is 18.9 Å². The summed E-state index contributed by atoms with van der Waals surface area (Å²) in [6.45, 7) is 4.34. The zero-order chi connectivity index (χ0) is 22.0. The Morgan fingerprint density at radius 1 is 1.22 bits per heavy atom.